The third-order valence-corrected chi connectivity index (χ3v) is 3.65. The Morgan fingerprint density at radius 2 is 1.83 bits per heavy atom. The predicted octanol–water partition coefficient (Wildman–Crippen LogP) is -2.09. The van der Waals surface area contributed by atoms with Gasteiger partial charge in [0, 0.05) is 0 Å². The number of aliphatic hydroxyl groups is 3. The average Bonchev–Trinajstić information content (AvgIpc) is 2.23. The molecule has 0 amide bonds. The lowest BCUT2D eigenvalue weighted by molar-refractivity contribution is -0.159. The van der Waals surface area contributed by atoms with Crippen molar-refractivity contribution in [2.24, 2.45) is 0 Å². The summed E-state index contributed by atoms with van der Waals surface area (Å²) in [4.78, 5) is 0. The lowest BCUT2D eigenvalue weighted by Gasteiger charge is -2.36. The Kier molecular flexibility index (Phi) is 4.56. The van der Waals surface area contributed by atoms with Crippen LogP contribution in [0.25, 0.3) is 0 Å². The quantitative estimate of drug-likeness (QED) is 0.474. The molecule has 1 fully saturated rings. The Balaban J connectivity index is 2.76. The van der Waals surface area contributed by atoms with Crippen molar-refractivity contribution in [2.45, 2.75) is 29.9 Å². The van der Waals surface area contributed by atoms with Crippen molar-refractivity contribution in [2.75, 3.05) is 13.2 Å². The lowest BCUT2D eigenvalue weighted by Crippen LogP contribution is -2.61. The normalized spacial score (nSPS) is 34.6. The standard InChI is InChI=1S/C7H12F3NO6S/c8-7(9,10)18(15,16)11-3-2-17-4(1-12)6(14)5(3)13/h3-6,11-14H,1-2H2/t3-,4+,5+,6-/m0/s1. The van der Waals surface area contributed by atoms with Crippen LogP contribution in [0, 0.1) is 0 Å². The van der Waals surface area contributed by atoms with Gasteiger partial charge in [0.15, 0.2) is 0 Å². The van der Waals surface area contributed by atoms with E-state index in [2.05, 4.69) is 0 Å². The first kappa shape index (κ1) is 15.6. The largest absolute Gasteiger partial charge is 0.511 e. The third kappa shape index (κ3) is 3.10. The second kappa shape index (κ2) is 5.27. The fraction of sp³-hybridized carbons (Fsp3) is 1.00. The van der Waals surface area contributed by atoms with Crippen LogP contribution in [0.15, 0.2) is 0 Å². The van der Waals surface area contributed by atoms with Crippen LogP contribution in [0.5, 0.6) is 0 Å². The highest BCUT2D eigenvalue weighted by Gasteiger charge is 2.49. The van der Waals surface area contributed by atoms with Gasteiger partial charge < -0.3 is 20.1 Å². The summed E-state index contributed by atoms with van der Waals surface area (Å²) < 4.78 is 63.7. The molecule has 4 atom stereocenters. The molecule has 0 radical (unpaired) electrons. The summed E-state index contributed by atoms with van der Waals surface area (Å²) in [6, 6.07) is -1.64. The molecule has 0 bridgehead atoms. The maximum Gasteiger partial charge on any atom is 0.511 e. The number of rotatable bonds is 3. The molecule has 0 aliphatic carbocycles. The van der Waals surface area contributed by atoms with Gasteiger partial charge in [-0.15, -0.1) is 0 Å². The summed E-state index contributed by atoms with van der Waals surface area (Å²) >= 11 is 0. The molecule has 108 valence electrons. The van der Waals surface area contributed by atoms with E-state index in [1.165, 1.54) is 4.72 Å². The van der Waals surface area contributed by atoms with E-state index in [-0.39, 0.29) is 0 Å². The number of aliphatic hydroxyl groups excluding tert-OH is 3. The van der Waals surface area contributed by atoms with Gasteiger partial charge in [-0.05, 0) is 0 Å². The van der Waals surface area contributed by atoms with Crippen molar-refractivity contribution in [3.63, 3.8) is 0 Å². The van der Waals surface area contributed by atoms with E-state index in [1.807, 2.05) is 0 Å². The van der Waals surface area contributed by atoms with E-state index in [0.717, 1.165) is 0 Å². The fourth-order valence-electron chi connectivity index (χ4n) is 1.41. The van der Waals surface area contributed by atoms with Gasteiger partial charge in [-0.3, -0.25) is 0 Å². The zero-order valence-corrected chi connectivity index (χ0v) is 9.65. The van der Waals surface area contributed by atoms with E-state index in [0.29, 0.717) is 0 Å². The summed E-state index contributed by atoms with van der Waals surface area (Å²) in [5, 5.41) is 27.5. The average molecular weight is 295 g/mol. The summed E-state index contributed by atoms with van der Waals surface area (Å²) in [5.74, 6) is 0. The first-order valence-electron chi connectivity index (χ1n) is 4.77. The number of halogens is 3. The molecule has 4 N–H and O–H groups in total. The summed E-state index contributed by atoms with van der Waals surface area (Å²) in [7, 11) is -5.64. The van der Waals surface area contributed by atoms with Gasteiger partial charge in [0.25, 0.3) is 0 Å². The van der Waals surface area contributed by atoms with Gasteiger partial charge in [0.2, 0.25) is 0 Å². The van der Waals surface area contributed by atoms with E-state index >= 15 is 0 Å². The summed E-state index contributed by atoms with van der Waals surface area (Å²) in [6.07, 6.45) is -4.68. The minimum absolute atomic E-state index is 0.598. The number of hydrogen-bond donors (Lipinski definition) is 4. The van der Waals surface area contributed by atoms with Gasteiger partial charge in [0.05, 0.1) is 19.3 Å². The van der Waals surface area contributed by atoms with Gasteiger partial charge in [0.1, 0.15) is 18.3 Å². The van der Waals surface area contributed by atoms with E-state index in [4.69, 9.17) is 9.84 Å². The number of alkyl halides is 3. The van der Waals surface area contributed by atoms with Gasteiger partial charge in [-0.2, -0.15) is 17.9 Å². The fourth-order valence-corrected chi connectivity index (χ4v) is 2.15. The molecule has 1 rings (SSSR count). The molecule has 0 aromatic carbocycles. The highest BCUT2D eigenvalue weighted by atomic mass is 32.2. The molecule has 1 saturated heterocycles. The van der Waals surface area contributed by atoms with Crippen LogP contribution in [0.1, 0.15) is 0 Å². The summed E-state index contributed by atoms with van der Waals surface area (Å²) in [6.45, 7) is -1.25. The number of nitrogens with one attached hydrogen (secondary N) is 1. The van der Waals surface area contributed by atoms with Gasteiger partial charge in [-0.1, -0.05) is 0 Å². The van der Waals surface area contributed by atoms with Gasteiger partial charge in [-0.25, -0.2) is 8.42 Å². The Labute approximate surface area is 100 Å². The number of ether oxygens (including phenoxy) is 1. The molecule has 1 heterocycles. The lowest BCUT2D eigenvalue weighted by atomic mass is 9.99. The molecular formula is C7H12F3NO6S. The molecule has 7 nitrogen and oxygen atoms in total. The van der Waals surface area contributed by atoms with Crippen LogP contribution < -0.4 is 4.72 Å². The van der Waals surface area contributed by atoms with Crippen LogP contribution in [0.3, 0.4) is 0 Å². The Morgan fingerprint density at radius 3 is 2.28 bits per heavy atom. The number of sulfonamides is 1. The van der Waals surface area contributed by atoms with Crippen LogP contribution >= 0.6 is 0 Å². The molecule has 1 aliphatic rings. The van der Waals surface area contributed by atoms with Crippen molar-refractivity contribution in [1.29, 1.82) is 0 Å². The molecule has 0 spiro atoms. The molecule has 11 heteroatoms. The second-order valence-electron chi connectivity index (χ2n) is 3.71. The molecule has 0 unspecified atom stereocenters. The van der Waals surface area contributed by atoms with E-state index in [1.54, 1.807) is 0 Å². The Hall–Kier alpha value is -0.460. The van der Waals surface area contributed by atoms with Crippen LogP contribution in [0.4, 0.5) is 13.2 Å². The topological polar surface area (TPSA) is 116 Å². The number of hydrogen-bond acceptors (Lipinski definition) is 6. The maximum absolute atomic E-state index is 12.1. The zero-order chi connectivity index (χ0) is 14.1. The van der Waals surface area contributed by atoms with Crippen molar-refractivity contribution in [1.82, 2.24) is 4.72 Å². The minimum Gasteiger partial charge on any atom is -0.394 e. The maximum atomic E-state index is 12.1. The monoisotopic (exact) mass is 295 g/mol. The minimum atomic E-state index is -5.64. The highest BCUT2D eigenvalue weighted by molar-refractivity contribution is 7.90. The first-order chi connectivity index (χ1) is 8.10. The van der Waals surface area contributed by atoms with Crippen molar-refractivity contribution in [3.8, 4) is 0 Å². The Bertz CT molecular complexity index is 385. The Morgan fingerprint density at radius 1 is 1.28 bits per heavy atom. The molecule has 0 saturated carbocycles. The van der Waals surface area contributed by atoms with Gasteiger partial charge >= 0.3 is 15.5 Å². The second-order valence-corrected chi connectivity index (χ2v) is 5.41. The molecular weight excluding hydrogens is 283 g/mol. The van der Waals surface area contributed by atoms with E-state index < -0.39 is 53.1 Å². The zero-order valence-electron chi connectivity index (χ0n) is 8.83. The highest BCUT2D eigenvalue weighted by Crippen LogP contribution is 2.24. The molecule has 0 aromatic heterocycles. The van der Waals surface area contributed by atoms with Crippen LogP contribution in [0.2, 0.25) is 0 Å². The van der Waals surface area contributed by atoms with Crippen molar-refractivity contribution >= 4 is 10.0 Å². The predicted molar refractivity (Wildman–Crippen MR) is 50.7 cm³/mol. The van der Waals surface area contributed by atoms with Crippen LogP contribution in [-0.2, 0) is 14.8 Å². The van der Waals surface area contributed by atoms with Crippen molar-refractivity contribution < 1.29 is 41.6 Å². The van der Waals surface area contributed by atoms with Crippen LogP contribution in [-0.4, -0.2) is 66.8 Å². The van der Waals surface area contributed by atoms with Crippen molar-refractivity contribution in [3.05, 3.63) is 0 Å². The molecule has 1 aliphatic heterocycles. The third-order valence-electron chi connectivity index (χ3n) is 2.42. The first-order valence-corrected chi connectivity index (χ1v) is 6.25. The molecule has 0 aromatic rings. The SMILES string of the molecule is O=S(=O)(N[C@H]1CO[C@H](CO)[C@H](O)[C@@H]1O)C(F)(F)F. The smallest absolute Gasteiger partial charge is 0.394 e. The van der Waals surface area contributed by atoms with E-state index in [9.17, 15) is 31.8 Å². The summed E-state index contributed by atoms with van der Waals surface area (Å²) in [5.41, 5.74) is -5.52. The molecule has 18 heavy (non-hydrogen) atoms.